The summed E-state index contributed by atoms with van der Waals surface area (Å²) in [5, 5.41) is 0. The average molecular weight is 427 g/mol. The van der Waals surface area contributed by atoms with Crippen molar-refractivity contribution < 1.29 is 0 Å². The minimum atomic E-state index is 0.506. The maximum Gasteiger partial charge on any atom is 0.105 e. The minimum Gasteiger partial charge on any atom is -0.356 e. The molecule has 1 heterocycles. The summed E-state index contributed by atoms with van der Waals surface area (Å²) in [4.78, 5) is 5.05. The second-order valence-corrected chi connectivity index (χ2v) is 9.50. The van der Waals surface area contributed by atoms with E-state index >= 15 is 0 Å². The van der Waals surface area contributed by atoms with Crippen molar-refractivity contribution in [2.45, 2.75) is 129 Å². The van der Waals surface area contributed by atoms with Gasteiger partial charge in [-0.1, -0.05) is 122 Å². The van der Waals surface area contributed by atoms with E-state index in [1.54, 1.807) is 0 Å². The Bertz CT molecular complexity index is 553. The van der Waals surface area contributed by atoms with Crippen LogP contribution in [0.25, 0.3) is 0 Å². The number of nitrogens with zero attached hydrogens (tertiary/aromatic N) is 2. The highest BCUT2D eigenvalue weighted by molar-refractivity contribution is 5.51. The molecule has 0 bridgehead atoms. The van der Waals surface area contributed by atoms with Crippen molar-refractivity contribution in [1.82, 2.24) is 4.90 Å². The number of rotatable bonds is 19. The summed E-state index contributed by atoms with van der Waals surface area (Å²) in [5.74, 6) is 0. The number of anilines is 1. The molecule has 2 heteroatoms. The van der Waals surface area contributed by atoms with Gasteiger partial charge in [0.1, 0.15) is 6.17 Å². The molecule has 0 saturated carbocycles. The number of hydrogen-bond acceptors (Lipinski definition) is 2. The molecule has 0 aliphatic carbocycles. The predicted molar refractivity (Wildman–Crippen MR) is 138 cm³/mol. The first-order valence-corrected chi connectivity index (χ1v) is 13.6. The Morgan fingerprint density at radius 1 is 0.581 bits per heavy atom. The van der Waals surface area contributed by atoms with Crippen LogP contribution in [-0.4, -0.2) is 17.6 Å². The molecule has 0 amide bonds. The van der Waals surface area contributed by atoms with E-state index in [9.17, 15) is 0 Å². The third kappa shape index (κ3) is 10.6. The molecule has 2 nitrogen and oxygen atoms in total. The van der Waals surface area contributed by atoms with Crippen LogP contribution >= 0.6 is 0 Å². The highest BCUT2D eigenvalue weighted by Gasteiger charge is 2.26. The molecule has 1 aromatic carbocycles. The summed E-state index contributed by atoms with van der Waals surface area (Å²) in [6.07, 6.45) is 28.9. The highest BCUT2D eigenvalue weighted by atomic mass is 15.4. The van der Waals surface area contributed by atoms with Crippen LogP contribution in [0, 0.1) is 0 Å². The molecule has 1 aliphatic rings. The molecule has 1 aromatic rings. The zero-order valence-electron chi connectivity index (χ0n) is 20.7. The summed E-state index contributed by atoms with van der Waals surface area (Å²) >= 11 is 0. The first-order valence-electron chi connectivity index (χ1n) is 13.6. The van der Waals surface area contributed by atoms with Crippen LogP contribution in [-0.2, 0) is 0 Å². The van der Waals surface area contributed by atoms with Crippen molar-refractivity contribution in [3.05, 3.63) is 42.7 Å². The van der Waals surface area contributed by atoms with Gasteiger partial charge in [0.25, 0.3) is 0 Å². The summed E-state index contributed by atoms with van der Waals surface area (Å²) in [6, 6.07) is 10.9. The van der Waals surface area contributed by atoms with Gasteiger partial charge < -0.3 is 9.80 Å². The Kier molecular flexibility index (Phi) is 14.3. The lowest BCUT2D eigenvalue weighted by atomic mass is 10.0. The lowest BCUT2D eigenvalue weighted by Crippen LogP contribution is -2.39. The van der Waals surface area contributed by atoms with Crippen molar-refractivity contribution in [2.75, 3.05) is 11.4 Å². The van der Waals surface area contributed by atoms with Gasteiger partial charge in [-0.05, 0) is 31.4 Å². The summed E-state index contributed by atoms with van der Waals surface area (Å²) in [6.45, 7) is 5.77. The highest BCUT2D eigenvalue weighted by Crippen LogP contribution is 2.28. The van der Waals surface area contributed by atoms with Gasteiger partial charge in [-0.2, -0.15) is 0 Å². The Hall–Kier alpha value is -1.44. The molecule has 1 unspecified atom stereocenters. The van der Waals surface area contributed by atoms with Gasteiger partial charge in [0.2, 0.25) is 0 Å². The van der Waals surface area contributed by atoms with Gasteiger partial charge in [0, 0.05) is 24.6 Å². The summed E-state index contributed by atoms with van der Waals surface area (Å²) < 4.78 is 0. The second-order valence-electron chi connectivity index (χ2n) is 9.50. The van der Waals surface area contributed by atoms with Crippen LogP contribution in [0.3, 0.4) is 0 Å². The van der Waals surface area contributed by atoms with E-state index in [0.717, 1.165) is 0 Å². The molecule has 1 aliphatic heterocycles. The maximum atomic E-state index is 2.57. The molecule has 2 rings (SSSR count). The topological polar surface area (TPSA) is 6.48 Å². The monoisotopic (exact) mass is 426 g/mol. The van der Waals surface area contributed by atoms with E-state index in [-0.39, 0.29) is 0 Å². The molecule has 0 radical (unpaired) electrons. The van der Waals surface area contributed by atoms with E-state index < -0.39 is 0 Å². The molecular weight excluding hydrogens is 376 g/mol. The van der Waals surface area contributed by atoms with E-state index in [0.29, 0.717) is 6.17 Å². The standard InChI is InChI=1S/C29H50N2/c1-3-5-7-8-9-10-11-12-13-14-15-16-17-21-24-29-30(25-6-4-2)26-27-31(29)28-22-19-18-20-23-28/h18-20,22-23,26-27,29H,3-17,21,24-25H2,1-2H3. The molecule has 0 N–H and O–H groups in total. The minimum absolute atomic E-state index is 0.506. The van der Waals surface area contributed by atoms with Gasteiger partial charge >= 0.3 is 0 Å². The second kappa shape index (κ2) is 17.2. The van der Waals surface area contributed by atoms with Crippen LogP contribution in [0.15, 0.2) is 42.7 Å². The Labute approximate surface area is 194 Å². The Morgan fingerprint density at radius 3 is 1.65 bits per heavy atom. The van der Waals surface area contributed by atoms with Gasteiger partial charge in [-0.3, -0.25) is 0 Å². The normalized spacial score (nSPS) is 15.9. The number of benzene rings is 1. The van der Waals surface area contributed by atoms with Crippen LogP contribution in [0.2, 0.25) is 0 Å². The largest absolute Gasteiger partial charge is 0.356 e. The lowest BCUT2D eigenvalue weighted by Gasteiger charge is -2.33. The van der Waals surface area contributed by atoms with E-state index in [4.69, 9.17) is 0 Å². The zero-order valence-corrected chi connectivity index (χ0v) is 20.7. The van der Waals surface area contributed by atoms with E-state index in [1.165, 1.54) is 121 Å². The molecule has 0 aromatic heterocycles. The average Bonchev–Trinajstić information content (AvgIpc) is 3.21. The fraction of sp³-hybridized carbons (Fsp3) is 0.724. The van der Waals surface area contributed by atoms with Crippen LogP contribution < -0.4 is 4.90 Å². The molecule has 0 fully saturated rings. The van der Waals surface area contributed by atoms with Gasteiger partial charge in [0.05, 0.1) is 0 Å². The molecule has 0 saturated heterocycles. The van der Waals surface area contributed by atoms with Crippen molar-refractivity contribution in [2.24, 2.45) is 0 Å². The number of hydrogen-bond donors (Lipinski definition) is 0. The number of para-hydroxylation sites is 1. The summed E-state index contributed by atoms with van der Waals surface area (Å²) in [5.41, 5.74) is 1.33. The van der Waals surface area contributed by atoms with Gasteiger partial charge in [0.15, 0.2) is 0 Å². The van der Waals surface area contributed by atoms with E-state index in [2.05, 4.69) is 66.4 Å². The molecular formula is C29H50N2. The fourth-order valence-corrected chi connectivity index (χ4v) is 4.76. The maximum absolute atomic E-state index is 2.57. The van der Waals surface area contributed by atoms with Crippen LogP contribution in [0.5, 0.6) is 0 Å². The Balaban J connectivity index is 1.54. The van der Waals surface area contributed by atoms with E-state index in [1.807, 2.05) is 0 Å². The Morgan fingerprint density at radius 2 is 1.10 bits per heavy atom. The van der Waals surface area contributed by atoms with Gasteiger partial charge in [-0.25, -0.2) is 0 Å². The number of unbranched alkanes of at least 4 members (excludes halogenated alkanes) is 14. The van der Waals surface area contributed by atoms with Gasteiger partial charge in [-0.15, -0.1) is 0 Å². The van der Waals surface area contributed by atoms with Crippen molar-refractivity contribution in [3.8, 4) is 0 Å². The quantitative estimate of drug-likeness (QED) is 0.203. The first-order chi connectivity index (χ1) is 15.4. The molecule has 176 valence electrons. The molecule has 1 atom stereocenters. The smallest absolute Gasteiger partial charge is 0.105 e. The lowest BCUT2D eigenvalue weighted by molar-refractivity contribution is 0.275. The van der Waals surface area contributed by atoms with Crippen molar-refractivity contribution in [3.63, 3.8) is 0 Å². The van der Waals surface area contributed by atoms with Crippen LogP contribution in [0.4, 0.5) is 5.69 Å². The third-order valence-electron chi connectivity index (χ3n) is 6.76. The van der Waals surface area contributed by atoms with Crippen molar-refractivity contribution in [1.29, 1.82) is 0 Å². The third-order valence-corrected chi connectivity index (χ3v) is 6.76. The predicted octanol–water partition coefficient (Wildman–Crippen LogP) is 9.28. The molecule has 0 spiro atoms. The fourth-order valence-electron chi connectivity index (χ4n) is 4.76. The zero-order chi connectivity index (χ0) is 22.0. The first kappa shape index (κ1) is 25.8. The summed E-state index contributed by atoms with van der Waals surface area (Å²) in [7, 11) is 0. The van der Waals surface area contributed by atoms with Crippen molar-refractivity contribution >= 4 is 5.69 Å². The SMILES string of the molecule is CCCCCCCCCCCCCCCCC1N(CCCC)C=CN1c1ccccc1. The van der Waals surface area contributed by atoms with Crippen LogP contribution in [0.1, 0.15) is 123 Å². The molecule has 31 heavy (non-hydrogen) atoms.